The van der Waals surface area contributed by atoms with Crippen LogP contribution in [0.5, 0.6) is 0 Å². The molecule has 0 N–H and O–H groups in total. The molecule has 1 saturated heterocycles. The van der Waals surface area contributed by atoms with Crippen LogP contribution in [0.25, 0.3) is 0 Å². The van der Waals surface area contributed by atoms with E-state index >= 15 is 0 Å². The molecule has 1 aliphatic rings. The van der Waals surface area contributed by atoms with Gasteiger partial charge < -0.3 is 13.7 Å². The Balaban J connectivity index is 2.00. The van der Waals surface area contributed by atoms with Crippen LogP contribution in [0.2, 0.25) is 0 Å². The fraction of sp³-hybridized carbons (Fsp3) is 0. The summed E-state index contributed by atoms with van der Waals surface area (Å²) in [4.78, 5) is 0. The molecule has 6 heavy (non-hydrogen) atoms. The van der Waals surface area contributed by atoms with Crippen LogP contribution < -0.4 is 0 Å². The molecule has 0 spiro atoms. The molecule has 27 valence electrons. The van der Waals surface area contributed by atoms with Crippen LogP contribution >= 0.6 is 0 Å². The molecule has 0 aromatic carbocycles. The van der Waals surface area contributed by atoms with Crippen molar-refractivity contribution in [2.75, 3.05) is 0 Å². The summed E-state index contributed by atoms with van der Waals surface area (Å²) >= 11 is 0. The van der Waals surface area contributed by atoms with Gasteiger partial charge in [0.05, 0.1) is 0 Å². The Morgan fingerprint density at radius 1 is 0.667 bits per heavy atom. The minimum atomic E-state index is 1.16. The summed E-state index contributed by atoms with van der Waals surface area (Å²) in [7, 11) is 3.47. The van der Waals surface area contributed by atoms with E-state index in [4.69, 9.17) is 0 Å². The van der Waals surface area contributed by atoms with Crippen molar-refractivity contribution in [2.45, 2.75) is 0 Å². The molecule has 0 unspecified atom stereocenters. The van der Waals surface area contributed by atoms with Gasteiger partial charge in [-0.2, -0.15) is 0 Å². The van der Waals surface area contributed by atoms with Crippen molar-refractivity contribution in [2.24, 2.45) is 0 Å². The van der Waals surface area contributed by atoms with Crippen LogP contribution in [-0.2, 0) is 13.7 Å². The maximum atomic E-state index is 4.34. The fourth-order valence-corrected chi connectivity index (χ4v) is 0.164. The Morgan fingerprint density at radius 2 is 1.00 bits per heavy atom. The summed E-state index contributed by atoms with van der Waals surface area (Å²) in [5, 5.41) is 0. The Labute approximate surface area is 37.9 Å². The molecule has 1 heterocycles. The SMILES string of the molecule is [B]1O[B]O[B]O1. The molecule has 1 aliphatic heterocycles. The Kier molecular flexibility index (Phi) is 1.61. The van der Waals surface area contributed by atoms with Gasteiger partial charge in [-0.15, -0.1) is 0 Å². The zero-order valence-electron chi connectivity index (χ0n) is 2.96. The van der Waals surface area contributed by atoms with Gasteiger partial charge in [0.15, 0.2) is 0 Å². The zero-order chi connectivity index (χ0) is 4.24. The van der Waals surface area contributed by atoms with E-state index < -0.39 is 0 Å². The molecule has 0 aliphatic carbocycles. The average molecular weight is 80.4 g/mol. The molecule has 3 nitrogen and oxygen atoms in total. The maximum Gasteiger partial charge on any atom is 0.457 e. The molecule has 0 amide bonds. The van der Waals surface area contributed by atoms with E-state index in [1.165, 1.54) is 0 Å². The summed E-state index contributed by atoms with van der Waals surface area (Å²) in [6.07, 6.45) is 0. The highest BCUT2D eigenvalue weighted by molar-refractivity contribution is 6.50. The van der Waals surface area contributed by atoms with Crippen molar-refractivity contribution in [3.63, 3.8) is 0 Å². The molecule has 0 aromatic heterocycles. The van der Waals surface area contributed by atoms with Crippen molar-refractivity contribution in [1.29, 1.82) is 0 Å². The first kappa shape index (κ1) is 4.24. The third-order valence-electron chi connectivity index (χ3n) is 0.333. The summed E-state index contributed by atoms with van der Waals surface area (Å²) in [5.74, 6) is 0. The summed E-state index contributed by atoms with van der Waals surface area (Å²) < 4.78 is 13.0. The first-order valence-corrected chi connectivity index (χ1v) is 1.41. The Morgan fingerprint density at radius 3 is 1.17 bits per heavy atom. The zero-order valence-corrected chi connectivity index (χ0v) is 2.96. The molecule has 3 radical (unpaired) electrons. The normalized spacial score (nSPS) is 20.0. The number of hydrogen-bond donors (Lipinski definition) is 0. The van der Waals surface area contributed by atoms with E-state index in [0.717, 1.165) is 23.1 Å². The van der Waals surface area contributed by atoms with E-state index in [2.05, 4.69) is 13.7 Å². The van der Waals surface area contributed by atoms with Crippen LogP contribution in [0.1, 0.15) is 0 Å². The largest absolute Gasteiger partial charge is 0.457 e. The van der Waals surface area contributed by atoms with Crippen molar-refractivity contribution < 1.29 is 13.7 Å². The molecule has 1 rings (SSSR count). The predicted molar refractivity (Wildman–Crippen MR) is 20.5 cm³/mol. The summed E-state index contributed by atoms with van der Waals surface area (Å²) in [6.45, 7) is 0. The van der Waals surface area contributed by atoms with Gasteiger partial charge in [-0.05, 0) is 0 Å². The van der Waals surface area contributed by atoms with E-state index in [9.17, 15) is 0 Å². The first-order valence-electron chi connectivity index (χ1n) is 1.41. The first-order chi connectivity index (χ1) is 3.00. The van der Waals surface area contributed by atoms with Gasteiger partial charge in [-0.3, -0.25) is 0 Å². The van der Waals surface area contributed by atoms with E-state index in [-0.39, 0.29) is 0 Å². The highest BCUT2D eigenvalue weighted by Gasteiger charge is 2.05. The fourth-order valence-electron chi connectivity index (χ4n) is 0.164. The molecule has 0 saturated carbocycles. The van der Waals surface area contributed by atoms with Crippen molar-refractivity contribution in [3.05, 3.63) is 0 Å². The van der Waals surface area contributed by atoms with Gasteiger partial charge in [-0.1, -0.05) is 0 Å². The van der Waals surface area contributed by atoms with Crippen molar-refractivity contribution in [1.82, 2.24) is 0 Å². The minimum Gasteiger partial charge on any atom is -0.457 e. The molecule has 0 bridgehead atoms. The van der Waals surface area contributed by atoms with Crippen molar-refractivity contribution in [3.8, 4) is 0 Å². The Bertz CT molecular complexity index is 21.5. The average Bonchev–Trinajstić information content (AvgIpc) is 1.72. The molecular formula is B3O3. The molecule has 6 heteroatoms. The second kappa shape index (κ2) is 2.28. The second-order valence-electron chi connectivity index (χ2n) is 0.697. The van der Waals surface area contributed by atoms with Crippen LogP contribution in [0.15, 0.2) is 0 Å². The van der Waals surface area contributed by atoms with Gasteiger partial charge in [0, 0.05) is 0 Å². The third-order valence-corrected chi connectivity index (χ3v) is 0.333. The summed E-state index contributed by atoms with van der Waals surface area (Å²) in [6, 6.07) is 0. The van der Waals surface area contributed by atoms with E-state index in [0.29, 0.717) is 0 Å². The standard InChI is InChI=1S/B3O3/c1-4-2-6-3-5-1. The molecular weight excluding hydrogens is 80.4 g/mol. The lowest BCUT2D eigenvalue weighted by molar-refractivity contribution is 0.347. The summed E-state index contributed by atoms with van der Waals surface area (Å²) in [5.41, 5.74) is 0. The van der Waals surface area contributed by atoms with Crippen LogP contribution in [0.3, 0.4) is 0 Å². The number of rotatable bonds is 0. The number of hydrogen-bond acceptors (Lipinski definition) is 3. The monoisotopic (exact) mass is 81.0 g/mol. The van der Waals surface area contributed by atoms with Crippen LogP contribution in [0.4, 0.5) is 0 Å². The highest BCUT2D eigenvalue weighted by atomic mass is 16.7. The molecule has 0 atom stereocenters. The predicted octanol–water partition coefficient (Wildman–Crippen LogP) is -1.35. The van der Waals surface area contributed by atoms with Crippen LogP contribution in [-0.4, -0.2) is 23.1 Å². The minimum absolute atomic E-state index is 1.16. The lowest BCUT2D eigenvalue weighted by atomic mass is 10.1. The second-order valence-corrected chi connectivity index (χ2v) is 0.697. The molecule has 0 aromatic rings. The third kappa shape index (κ3) is 1.04. The lowest BCUT2D eigenvalue weighted by Crippen LogP contribution is -2.23. The quantitative estimate of drug-likeness (QED) is 0.337. The van der Waals surface area contributed by atoms with Gasteiger partial charge in [0.2, 0.25) is 0 Å². The maximum absolute atomic E-state index is 4.34. The van der Waals surface area contributed by atoms with Gasteiger partial charge in [0.1, 0.15) is 0 Å². The highest BCUT2D eigenvalue weighted by Crippen LogP contribution is 1.78. The van der Waals surface area contributed by atoms with E-state index in [1.807, 2.05) is 0 Å². The van der Waals surface area contributed by atoms with Gasteiger partial charge >= 0.3 is 23.1 Å². The van der Waals surface area contributed by atoms with Gasteiger partial charge in [0.25, 0.3) is 0 Å². The van der Waals surface area contributed by atoms with Crippen LogP contribution in [0, 0.1) is 0 Å². The van der Waals surface area contributed by atoms with Crippen molar-refractivity contribution >= 4 is 23.1 Å². The topological polar surface area (TPSA) is 27.7 Å². The van der Waals surface area contributed by atoms with E-state index in [1.54, 1.807) is 0 Å². The smallest absolute Gasteiger partial charge is 0.457 e. The Hall–Kier alpha value is 0.0748. The van der Waals surface area contributed by atoms with Gasteiger partial charge in [-0.25, -0.2) is 0 Å². The lowest BCUT2D eigenvalue weighted by Gasteiger charge is -2.05. The molecule has 1 fully saturated rings.